The molecule has 4 nitrogen and oxygen atoms in total. The van der Waals surface area contributed by atoms with Crippen LogP contribution in [0.25, 0.3) is 66.0 Å². The van der Waals surface area contributed by atoms with Crippen LogP contribution in [0.2, 0.25) is 0 Å². The Morgan fingerprint density at radius 2 is 1.13 bits per heavy atom. The van der Waals surface area contributed by atoms with Crippen LogP contribution in [0.1, 0.15) is 0 Å². The molecule has 0 saturated heterocycles. The molecular weight excluding hydrogens is 576 g/mol. The molecule has 0 radical (unpaired) electrons. The second-order valence-corrected chi connectivity index (χ2v) is 11.9. The van der Waals surface area contributed by atoms with Crippen molar-refractivity contribution in [3.05, 3.63) is 158 Å². The van der Waals surface area contributed by atoms with Crippen molar-refractivity contribution >= 4 is 60.7 Å². The molecule has 0 aliphatic carbocycles. The lowest BCUT2D eigenvalue weighted by Gasteiger charge is -2.33. The first kappa shape index (κ1) is 25.9. The Balaban J connectivity index is 1.19. The summed E-state index contributed by atoms with van der Waals surface area (Å²) in [5, 5.41) is 5.60. The van der Waals surface area contributed by atoms with Gasteiger partial charge in [-0.3, -0.25) is 0 Å². The third-order valence-corrected chi connectivity index (χ3v) is 9.21. The van der Waals surface area contributed by atoms with Gasteiger partial charge in [-0.05, 0) is 77.9 Å². The van der Waals surface area contributed by atoms with Crippen molar-refractivity contribution in [2.45, 2.75) is 0 Å². The Kier molecular flexibility index (Phi) is 5.54. The fraction of sp³-hybridized carbons (Fsp3) is 0. The average molecular weight is 603 g/mol. The molecule has 2 aromatic heterocycles. The summed E-state index contributed by atoms with van der Waals surface area (Å²) < 4.78 is 12.8. The first-order chi connectivity index (χ1) is 23.3. The molecule has 0 atom stereocenters. The van der Waals surface area contributed by atoms with E-state index >= 15 is 0 Å². The number of para-hydroxylation sites is 5. The van der Waals surface area contributed by atoms with Crippen LogP contribution in [-0.4, -0.2) is 4.98 Å². The SMILES string of the molecule is c1ccc(-c2nc3ccccc3c3c2ccc2oc4ccc(-c5cccc(N6c7ccccc7Oc7ccccc76)c5)cc4c23)cc1. The van der Waals surface area contributed by atoms with E-state index in [0.29, 0.717) is 0 Å². The summed E-state index contributed by atoms with van der Waals surface area (Å²) in [6, 6.07) is 54.7. The molecule has 0 N–H and O–H groups in total. The van der Waals surface area contributed by atoms with E-state index in [1.54, 1.807) is 0 Å². The van der Waals surface area contributed by atoms with Crippen molar-refractivity contribution in [3.63, 3.8) is 0 Å². The van der Waals surface area contributed by atoms with Crippen LogP contribution < -0.4 is 9.64 Å². The summed E-state index contributed by atoms with van der Waals surface area (Å²) in [4.78, 5) is 7.43. The third kappa shape index (κ3) is 3.98. The topological polar surface area (TPSA) is 38.5 Å². The molecule has 3 heterocycles. The van der Waals surface area contributed by atoms with Gasteiger partial charge in [0.2, 0.25) is 0 Å². The van der Waals surface area contributed by atoms with Crippen LogP contribution in [0.15, 0.2) is 162 Å². The number of furan rings is 1. The largest absolute Gasteiger partial charge is 0.456 e. The molecule has 9 aromatic rings. The fourth-order valence-electron chi connectivity index (χ4n) is 7.11. The Bertz CT molecular complexity index is 2630. The van der Waals surface area contributed by atoms with Gasteiger partial charge in [0.05, 0.1) is 22.6 Å². The number of benzene rings is 7. The minimum absolute atomic E-state index is 0.839. The molecule has 0 unspecified atom stereocenters. The predicted molar refractivity (Wildman–Crippen MR) is 192 cm³/mol. The monoisotopic (exact) mass is 602 g/mol. The van der Waals surface area contributed by atoms with E-state index < -0.39 is 0 Å². The number of nitrogens with zero attached hydrogens (tertiary/aromatic N) is 2. The maximum Gasteiger partial charge on any atom is 0.151 e. The Labute approximate surface area is 270 Å². The van der Waals surface area contributed by atoms with E-state index in [1.807, 2.05) is 30.3 Å². The molecule has 0 fully saturated rings. The quantitative estimate of drug-likeness (QED) is 0.189. The zero-order valence-corrected chi connectivity index (χ0v) is 25.2. The number of hydrogen-bond donors (Lipinski definition) is 0. The van der Waals surface area contributed by atoms with Crippen LogP contribution in [0.5, 0.6) is 11.5 Å². The van der Waals surface area contributed by atoms with Gasteiger partial charge in [0, 0.05) is 38.2 Å². The number of aromatic nitrogens is 1. The standard InChI is InChI=1S/C43H26N2O2/c1-2-11-27(12-3-1)43-32-22-24-40-42(41(32)31-15-4-5-16-34(31)44-43)33-26-29(21-23-37(33)46-40)28-13-10-14-30(25-28)45-35-17-6-8-19-38(35)47-39-20-9-7-18-36(39)45/h1-26H. The molecule has 0 bridgehead atoms. The van der Waals surface area contributed by atoms with Gasteiger partial charge < -0.3 is 14.1 Å². The smallest absolute Gasteiger partial charge is 0.151 e. The highest BCUT2D eigenvalue weighted by molar-refractivity contribution is 6.28. The van der Waals surface area contributed by atoms with Crippen molar-refractivity contribution in [2.75, 3.05) is 4.90 Å². The maximum atomic E-state index is 6.50. The van der Waals surface area contributed by atoms with Crippen LogP contribution in [0, 0.1) is 0 Å². The van der Waals surface area contributed by atoms with E-state index in [1.165, 1.54) is 0 Å². The number of pyridine rings is 1. The molecule has 220 valence electrons. The molecule has 1 aliphatic heterocycles. The first-order valence-electron chi connectivity index (χ1n) is 15.8. The molecule has 4 heteroatoms. The van der Waals surface area contributed by atoms with Crippen molar-refractivity contribution < 1.29 is 9.15 Å². The number of fused-ring (bicyclic) bond motifs is 9. The molecule has 7 aromatic carbocycles. The summed E-state index contributed by atoms with van der Waals surface area (Å²) in [6.07, 6.45) is 0. The lowest BCUT2D eigenvalue weighted by atomic mass is 9.95. The lowest BCUT2D eigenvalue weighted by Crippen LogP contribution is -2.15. The Hall–Kier alpha value is -6.39. The molecule has 0 amide bonds. The second kappa shape index (κ2) is 10.1. The maximum absolute atomic E-state index is 6.50. The zero-order chi connectivity index (χ0) is 30.9. The highest BCUT2D eigenvalue weighted by atomic mass is 16.5. The molecule has 10 rings (SSSR count). The van der Waals surface area contributed by atoms with Gasteiger partial charge in [-0.1, -0.05) is 91.0 Å². The first-order valence-corrected chi connectivity index (χ1v) is 15.8. The summed E-state index contributed by atoms with van der Waals surface area (Å²) in [5.41, 5.74) is 10.1. The minimum atomic E-state index is 0.839. The van der Waals surface area contributed by atoms with Gasteiger partial charge in [-0.2, -0.15) is 0 Å². The Morgan fingerprint density at radius 1 is 0.447 bits per heavy atom. The molecule has 1 aliphatic rings. The predicted octanol–water partition coefficient (Wildman–Crippen LogP) is 12.2. The van der Waals surface area contributed by atoms with Gasteiger partial charge in [0.15, 0.2) is 11.5 Å². The normalized spacial score (nSPS) is 12.4. The lowest BCUT2D eigenvalue weighted by molar-refractivity contribution is 0.477. The van der Waals surface area contributed by atoms with Crippen LogP contribution in [-0.2, 0) is 0 Å². The molecule has 47 heavy (non-hydrogen) atoms. The van der Waals surface area contributed by atoms with Crippen molar-refractivity contribution in [3.8, 4) is 33.9 Å². The van der Waals surface area contributed by atoms with Gasteiger partial charge in [-0.25, -0.2) is 4.98 Å². The van der Waals surface area contributed by atoms with Gasteiger partial charge in [-0.15, -0.1) is 0 Å². The van der Waals surface area contributed by atoms with Crippen molar-refractivity contribution in [2.24, 2.45) is 0 Å². The number of ether oxygens (including phenoxy) is 1. The van der Waals surface area contributed by atoms with Crippen LogP contribution in [0.3, 0.4) is 0 Å². The Morgan fingerprint density at radius 3 is 1.96 bits per heavy atom. The molecular formula is C43H26N2O2. The zero-order valence-electron chi connectivity index (χ0n) is 25.2. The van der Waals surface area contributed by atoms with E-state index in [2.05, 4.69) is 132 Å². The number of hydrogen-bond acceptors (Lipinski definition) is 4. The van der Waals surface area contributed by atoms with Crippen molar-refractivity contribution in [1.29, 1.82) is 0 Å². The highest BCUT2D eigenvalue weighted by Gasteiger charge is 2.25. The van der Waals surface area contributed by atoms with Gasteiger partial charge >= 0.3 is 0 Å². The second-order valence-electron chi connectivity index (χ2n) is 11.9. The van der Waals surface area contributed by atoms with E-state index in [-0.39, 0.29) is 0 Å². The van der Waals surface area contributed by atoms with Gasteiger partial charge in [0.25, 0.3) is 0 Å². The van der Waals surface area contributed by atoms with E-state index in [9.17, 15) is 0 Å². The highest BCUT2D eigenvalue weighted by Crippen LogP contribution is 2.50. The van der Waals surface area contributed by atoms with Crippen LogP contribution in [0.4, 0.5) is 17.1 Å². The average Bonchev–Trinajstić information content (AvgIpc) is 3.52. The number of rotatable bonds is 3. The van der Waals surface area contributed by atoms with E-state index in [4.69, 9.17) is 14.1 Å². The third-order valence-electron chi connectivity index (χ3n) is 9.21. The van der Waals surface area contributed by atoms with E-state index in [0.717, 1.165) is 94.6 Å². The van der Waals surface area contributed by atoms with Gasteiger partial charge in [0.1, 0.15) is 11.2 Å². The fourth-order valence-corrected chi connectivity index (χ4v) is 7.11. The summed E-state index contributed by atoms with van der Waals surface area (Å²) in [7, 11) is 0. The van der Waals surface area contributed by atoms with Crippen molar-refractivity contribution in [1.82, 2.24) is 4.98 Å². The molecule has 0 spiro atoms. The number of anilines is 3. The molecule has 0 saturated carbocycles. The summed E-state index contributed by atoms with van der Waals surface area (Å²) >= 11 is 0. The summed E-state index contributed by atoms with van der Waals surface area (Å²) in [6.45, 7) is 0. The minimum Gasteiger partial charge on any atom is -0.456 e. The van der Waals surface area contributed by atoms with Crippen LogP contribution >= 0.6 is 0 Å². The summed E-state index contributed by atoms with van der Waals surface area (Å²) in [5.74, 6) is 1.68.